The largest absolute Gasteiger partial charge is 0.298 e. The lowest BCUT2D eigenvalue weighted by atomic mass is 10.1. The van der Waals surface area contributed by atoms with Gasteiger partial charge in [-0.2, -0.15) is 0 Å². The lowest BCUT2D eigenvalue weighted by molar-refractivity contribution is 0.218. The van der Waals surface area contributed by atoms with Crippen LogP contribution in [0.1, 0.15) is 25.0 Å². The quantitative estimate of drug-likeness (QED) is 0.911. The molecule has 0 aromatic carbocycles. The molecular weight excluding hydrogens is 318 g/mol. The Hall–Kier alpha value is -1.44. The van der Waals surface area contributed by atoms with E-state index in [1.54, 1.807) is 29.8 Å². The molecule has 0 bridgehead atoms. The molecule has 0 aliphatic carbocycles. The van der Waals surface area contributed by atoms with Crippen LogP contribution in [0.15, 0.2) is 40.1 Å². The molecule has 1 aliphatic heterocycles. The van der Waals surface area contributed by atoms with Crippen LogP contribution >= 0.6 is 11.3 Å². The molecule has 0 amide bonds. The molecule has 22 heavy (non-hydrogen) atoms. The summed E-state index contributed by atoms with van der Waals surface area (Å²) in [5, 5.41) is 1.74. The molecule has 0 unspecified atom stereocenters. The summed E-state index contributed by atoms with van der Waals surface area (Å²) >= 11 is 1.20. The Morgan fingerprint density at radius 1 is 1.18 bits per heavy atom. The number of hydrogen-bond donors (Lipinski definition) is 1. The molecule has 1 saturated heterocycles. The SMILES string of the molecule is O=S(=O)(Nc1ccc(CN2CCCCC2)nc1)c1cccs1. The first kappa shape index (κ1) is 15.5. The second-order valence-electron chi connectivity index (χ2n) is 5.41. The molecule has 3 heterocycles. The lowest BCUT2D eigenvalue weighted by Crippen LogP contribution is -2.29. The maximum absolute atomic E-state index is 12.1. The zero-order valence-corrected chi connectivity index (χ0v) is 13.9. The van der Waals surface area contributed by atoms with Gasteiger partial charge in [0.25, 0.3) is 10.0 Å². The van der Waals surface area contributed by atoms with Crippen molar-refractivity contribution in [1.82, 2.24) is 9.88 Å². The van der Waals surface area contributed by atoms with Gasteiger partial charge in [0, 0.05) is 6.54 Å². The van der Waals surface area contributed by atoms with Gasteiger partial charge in [0.15, 0.2) is 0 Å². The van der Waals surface area contributed by atoms with E-state index >= 15 is 0 Å². The molecule has 0 atom stereocenters. The number of anilines is 1. The van der Waals surface area contributed by atoms with Crippen LogP contribution in [0, 0.1) is 0 Å². The van der Waals surface area contributed by atoms with Crippen molar-refractivity contribution in [3.8, 4) is 0 Å². The summed E-state index contributed by atoms with van der Waals surface area (Å²) in [5.41, 5.74) is 1.47. The van der Waals surface area contributed by atoms with Gasteiger partial charge >= 0.3 is 0 Å². The maximum atomic E-state index is 12.1. The molecule has 5 nitrogen and oxygen atoms in total. The lowest BCUT2D eigenvalue weighted by Gasteiger charge is -2.25. The van der Waals surface area contributed by atoms with E-state index in [4.69, 9.17) is 0 Å². The maximum Gasteiger partial charge on any atom is 0.271 e. The molecule has 118 valence electrons. The van der Waals surface area contributed by atoms with E-state index < -0.39 is 10.0 Å². The summed E-state index contributed by atoms with van der Waals surface area (Å²) < 4.78 is 27.1. The van der Waals surface area contributed by atoms with Gasteiger partial charge in [-0.1, -0.05) is 12.5 Å². The minimum absolute atomic E-state index is 0.310. The van der Waals surface area contributed by atoms with E-state index in [1.807, 2.05) is 6.07 Å². The number of pyridine rings is 1. The van der Waals surface area contributed by atoms with Crippen LogP contribution in [0.25, 0.3) is 0 Å². The minimum Gasteiger partial charge on any atom is -0.298 e. The number of piperidine rings is 1. The van der Waals surface area contributed by atoms with Crippen molar-refractivity contribution < 1.29 is 8.42 Å². The highest BCUT2D eigenvalue weighted by Gasteiger charge is 2.15. The Bertz CT molecular complexity index is 691. The molecule has 1 aliphatic rings. The summed E-state index contributed by atoms with van der Waals surface area (Å²) in [6.45, 7) is 3.07. The molecule has 1 N–H and O–H groups in total. The van der Waals surface area contributed by atoms with Crippen LogP contribution in [0.4, 0.5) is 5.69 Å². The number of nitrogens with one attached hydrogen (secondary N) is 1. The van der Waals surface area contributed by atoms with E-state index in [9.17, 15) is 8.42 Å². The number of likely N-dealkylation sites (tertiary alicyclic amines) is 1. The van der Waals surface area contributed by atoms with Gasteiger partial charge in [-0.15, -0.1) is 11.3 Å². The van der Waals surface area contributed by atoms with Crippen molar-refractivity contribution in [1.29, 1.82) is 0 Å². The van der Waals surface area contributed by atoms with Crippen molar-refractivity contribution in [2.45, 2.75) is 30.0 Å². The predicted octanol–water partition coefficient (Wildman–Crippen LogP) is 2.93. The van der Waals surface area contributed by atoms with Crippen LogP contribution in [0.2, 0.25) is 0 Å². The van der Waals surface area contributed by atoms with Crippen LogP contribution in [-0.2, 0) is 16.6 Å². The summed E-state index contributed by atoms with van der Waals surface area (Å²) in [6.07, 6.45) is 5.40. The fourth-order valence-electron chi connectivity index (χ4n) is 2.55. The van der Waals surface area contributed by atoms with E-state index in [1.165, 1.54) is 30.6 Å². The fourth-order valence-corrected chi connectivity index (χ4v) is 4.58. The molecule has 0 radical (unpaired) electrons. The van der Waals surface area contributed by atoms with Gasteiger partial charge in [0.1, 0.15) is 4.21 Å². The molecule has 7 heteroatoms. The third kappa shape index (κ3) is 3.85. The van der Waals surface area contributed by atoms with Gasteiger partial charge in [0.05, 0.1) is 17.6 Å². The number of thiophene rings is 1. The number of sulfonamides is 1. The number of aromatic nitrogens is 1. The average molecular weight is 337 g/mol. The smallest absolute Gasteiger partial charge is 0.271 e. The van der Waals surface area contributed by atoms with Crippen molar-refractivity contribution >= 4 is 27.0 Å². The Morgan fingerprint density at radius 3 is 2.64 bits per heavy atom. The normalized spacial score (nSPS) is 16.5. The van der Waals surface area contributed by atoms with Crippen molar-refractivity contribution in [2.75, 3.05) is 17.8 Å². The zero-order valence-electron chi connectivity index (χ0n) is 12.2. The molecule has 1 fully saturated rings. The fraction of sp³-hybridized carbons (Fsp3) is 0.400. The molecule has 2 aromatic rings. The Kier molecular flexibility index (Phi) is 4.75. The topological polar surface area (TPSA) is 62.3 Å². The predicted molar refractivity (Wildman–Crippen MR) is 88.5 cm³/mol. The van der Waals surface area contributed by atoms with Gasteiger partial charge in [-0.25, -0.2) is 8.42 Å². The number of nitrogens with zero attached hydrogens (tertiary/aromatic N) is 2. The van der Waals surface area contributed by atoms with E-state index in [0.29, 0.717) is 9.90 Å². The van der Waals surface area contributed by atoms with Crippen LogP contribution in [0.3, 0.4) is 0 Å². The highest BCUT2D eigenvalue weighted by molar-refractivity contribution is 7.94. The Balaban J connectivity index is 1.64. The van der Waals surface area contributed by atoms with Crippen molar-refractivity contribution in [2.24, 2.45) is 0 Å². The van der Waals surface area contributed by atoms with E-state index in [2.05, 4.69) is 14.6 Å². The Labute approximate surface area is 135 Å². The third-order valence-electron chi connectivity index (χ3n) is 3.67. The van der Waals surface area contributed by atoms with E-state index in [-0.39, 0.29) is 0 Å². The Morgan fingerprint density at radius 2 is 2.00 bits per heavy atom. The molecular formula is C15H19N3O2S2. The van der Waals surface area contributed by atoms with E-state index in [0.717, 1.165) is 25.3 Å². The first-order valence-electron chi connectivity index (χ1n) is 7.37. The average Bonchev–Trinajstić information content (AvgIpc) is 3.05. The highest BCUT2D eigenvalue weighted by atomic mass is 32.2. The number of hydrogen-bond acceptors (Lipinski definition) is 5. The van der Waals surface area contributed by atoms with Gasteiger partial charge < -0.3 is 0 Å². The van der Waals surface area contributed by atoms with Gasteiger partial charge in [-0.3, -0.25) is 14.6 Å². The summed E-state index contributed by atoms with van der Waals surface area (Å²) in [6, 6.07) is 6.97. The second kappa shape index (κ2) is 6.76. The molecule has 0 spiro atoms. The molecule has 2 aromatic heterocycles. The monoisotopic (exact) mass is 337 g/mol. The minimum atomic E-state index is -3.49. The van der Waals surface area contributed by atoms with Crippen LogP contribution in [-0.4, -0.2) is 31.4 Å². The molecule has 3 rings (SSSR count). The standard InChI is InChI=1S/C15H19N3O2S2/c19-22(20,15-5-4-10-21-15)17-13-6-7-14(16-11-13)12-18-8-2-1-3-9-18/h4-7,10-11,17H,1-3,8-9,12H2. The third-order valence-corrected chi connectivity index (χ3v) is 6.45. The first-order chi connectivity index (χ1) is 10.6. The van der Waals surface area contributed by atoms with Crippen molar-refractivity contribution in [3.63, 3.8) is 0 Å². The highest BCUT2D eigenvalue weighted by Crippen LogP contribution is 2.20. The van der Waals surface area contributed by atoms with Gasteiger partial charge in [0.2, 0.25) is 0 Å². The second-order valence-corrected chi connectivity index (χ2v) is 8.27. The zero-order chi connectivity index (χ0) is 15.4. The van der Waals surface area contributed by atoms with Crippen LogP contribution in [0.5, 0.6) is 0 Å². The summed E-state index contributed by atoms with van der Waals surface area (Å²) in [4.78, 5) is 6.76. The number of rotatable bonds is 5. The van der Waals surface area contributed by atoms with Gasteiger partial charge in [-0.05, 0) is 49.5 Å². The summed E-state index contributed by atoms with van der Waals surface area (Å²) in [7, 11) is -3.49. The van der Waals surface area contributed by atoms with Crippen molar-refractivity contribution in [3.05, 3.63) is 41.5 Å². The first-order valence-corrected chi connectivity index (χ1v) is 9.73. The molecule has 0 saturated carbocycles. The van der Waals surface area contributed by atoms with Crippen LogP contribution < -0.4 is 4.72 Å². The summed E-state index contributed by atoms with van der Waals surface area (Å²) in [5.74, 6) is 0.